The smallest absolute Gasteiger partial charge is 0.178 e. The number of halogens is 2. The number of nitrogens with zero attached hydrogens (tertiary/aromatic N) is 1. The number of imidazole rings is 1. The number of rotatable bonds is 1. The first-order valence-electron chi connectivity index (χ1n) is 6.49. The van der Waals surface area contributed by atoms with Crippen LogP contribution in [0.5, 0.6) is 0 Å². The first-order valence-corrected chi connectivity index (χ1v) is 7.28. The standard InChI is InChI=1S/C14H16ClFN2S/c1-14(2)5-3-4-12(14)18-11-6-8(15)9(16)7-10(11)17-13(18)19/h6-7,12H,3-5H2,1-2H3,(H,17,19). The van der Waals surface area contributed by atoms with Gasteiger partial charge in [0.1, 0.15) is 5.82 Å². The van der Waals surface area contributed by atoms with Crippen LogP contribution in [0.15, 0.2) is 12.1 Å². The fourth-order valence-electron chi connectivity index (χ4n) is 3.22. The Hall–Kier alpha value is -0.870. The highest BCUT2D eigenvalue weighted by Gasteiger charge is 2.36. The monoisotopic (exact) mass is 298 g/mol. The van der Waals surface area contributed by atoms with Crippen molar-refractivity contribution >= 4 is 34.9 Å². The maximum atomic E-state index is 13.5. The Balaban J connectivity index is 2.26. The number of hydrogen-bond donors (Lipinski definition) is 1. The van der Waals surface area contributed by atoms with Crippen LogP contribution in [0.1, 0.15) is 39.2 Å². The summed E-state index contributed by atoms with van der Waals surface area (Å²) < 4.78 is 16.3. The van der Waals surface area contributed by atoms with E-state index in [-0.39, 0.29) is 10.4 Å². The lowest BCUT2D eigenvalue weighted by Gasteiger charge is -2.28. The van der Waals surface area contributed by atoms with Gasteiger partial charge in [0.25, 0.3) is 0 Å². The molecule has 1 atom stereocenters. The van der Waals surface area contributed by atoms with Crippen molar-refractivity contribution in [1.82, 2.24) is 9.55 Å². The van der Waals surface area contributed by atoms with E-state index in [1.54, 1.807) is 6.07 Å². The molecule has 19 heavy (non-hydrogen) atoms. The van der Waals surface area contributed by atoms with Crippen LogP contribution in [0.3, 0.4) is 0 Å². The van der Waals surface area contributed by atoms with Crippen LogP contribution >= 0.6 is 23.8 Å². The predicted octanol–water partition coefficient (Wildman–Crippen LogP) is 5.24. The SMILES string of the molecule is CC1(C)CCCC1n1c(=S)[nH]c2cc(F)c(Cl)cc21. The lowest BCUT2D eigenvalue weighted by Crippen LogP contribution is -2.21. The van der Waals surface area contributed by atoms with E-state index < -0.39 is 5.82 Å². The Bertz CT molecular complexity index is 701. The number of nitrogens with one attached hydrogen (secondary N) is 1. The molecule has 2 aromatic rings. The van der Waals surface area contributed by atoms with E-state index >= 15 is 0 Å². The van der Waals surface area contributed by atoms with Crippen LogP contribution in [0.2, 0.25) is 5.02 Å². The Labute approximate surface area is 121 Å². The van der Waals surface area contributed by atoms with Gasteiger partial charge in [-0.1, -0.05) is 31.9 Å². The summed E-state index contributed by atoms with van der Waals surface area (Å²) in [6, 6.07) is 3.44. The molecule has 1 aliphatic rings. The quantitative estimate of drug-likeness (QED) is 0.714. The van der Waals surface area contributed by atoms with Crippen LogP contribution in [-0.4, -0.2) is 9.55 Å². The highest BCUT2D eigenvalue weighted by atomic mass is 35.5. The second-order valence-electron chi connectivity index (χ2n) is 5.98. The Morgan fingerprint density at radius 1 is 1.47 bits per heavy atom. The molecule has 1 aliphatic carbocycles. The molecule has 1 heterocycles. The molecule has 1 aromatic carbocycles. The molecule has 1 aromatic heterocycles. The zero-order chi connectivity index (χ0) is 13.8. The Morgan fingerprint density at radius 2 is 2.21 bits per heavy atom. The number of aromatic amines is 1. The van der Waals surface area contributed by atoms with Crippen molar-refractivity contribution in [2.45, 2.75) is 39.2 Å². The Kier molecular flexibility index (Phi) is 2.98. The summed E-state index contributed by atoms with van der Waals surface area (Å²) in [6.45, 7) is 4.52. The third-order valence-corrected chi connectivity index (χ3v) is 4.86. The van der Waals surface area contributed by atoms with Gasteiger partial charge in [0.2, 0.25) is 0 Å². The lowest BCUT2D eigenvalue weighted by molar-refractivity contribution is 0.264. The Morgan fingerprint density at radius 3 is 2.84 bits per heavy atom. The summed E-state index contributed by atoms with van der Waals surface area (Å²) in [5, 5.41) is 0.144. The molecule has 102 valence electrons. The summed E-state index contributed by atoms with van der Waals surface area (Å²) in [4.78, 5) is 3.09. The maximum absolute atomic E-state index is 13.5. The minimum absolute atomic E-state index is 0.144. The third-order valence-electron chi connectivity index (χ3n) is 4.27. The molecular formula is C14H16ClFN2S. The normalized spacial score (nSPS) is 22.2. The van der Waals surface area contributed by atoms with E-state index in [0.717, 1.165) is 17.5 Å². The van der Waals surface area contributed by atoms with Gasteiger partial charge in [-0.2, -0.15) is 0 Å². The van der Waals surface area contributed by atoms with Crippen molar-refractivity contribution < 1.29 is 4.39 Å². The van der Waals surface area contributed by atoms with E-state index in [9.17, 15) is 4.39 Å². The van der Waals surface area contributed by atoms with Crippen molar-refractivity contribution in [1.29, 1.82) is 0 Å². The summed E-state index contributed by atoms with van der Waals surface area (Å²) >= 11 is 11.3. The number of benzene rings is 1. The average Bonchev–Trinajstić information content (AvgIpc) is 2.79. The average molecular weight is 299 g/mol. The molecule has 0 amide bonds. The zero-order valence-electron chi connectivity index (χ0n) is 11.0. The van der Waals surface area contributed by atoms with E-state index in [0.29, 0.717) is 10.8 Å². The van der Waals surface area contributed by atoms with Crippen molar-refractivity contribution in [2.24, 2.45) is 5.41 Å². The van der Waals surface area contributed by atoms with Crippen molar-refractivity contribution in [2.75, 3.05) is 0 Å². The summed E-state index contributed by atoms with van der Waals surface area (Å²) in [5.74, 6) is -0.414. The van der Waals surface area contributed by atoms with Gasteiger partial charge in [0.15, 0.2) is 4.77 Å². The molecule has 1 saturated carbocycles. The molecule has 1 fully saturated rings. The second kappa shape index (κ2) is 4.32. The number of aromatic nitrogens is 2. The van der Waals surface area contributed by atoms with Gasteiger partial charge in [-0.25, -0.2) is 4.39 Å². The summed E-state index contributed by atoms with van der Waals surface area (Å²) in [5.41, 5.74) is 1.82. The molecule has 0 spiro atoms. The molecule has 0 radical (unpaired) electrons. The van der Waals surface area contributed by atoms with Gasteiger partial charge < -0.3 is 9.55 Å². The molecule has 3 rings (SSSR count). The van der Waals surface area contributed by atoms with Gasteiger partial charge in [-0.05, 0) is 36.5 Å². The van der Waals surface area contributed by atoms with Crippen LogP contribution in [-0.2, 0) is 0 Å². The van der Waals surface area contributed by atoms with Crippen LogP contribution in [0.4, 0.5) is 4.39 Å². The molecule has 0 bridgehead atoms. The first kappa shape index (κ1) is 13.1. The molecule has 0 aliphatic heterocycles. The van der Waals surface area contributed by atoms with E-state index in [4.69, 9.17) is 23.8 Å². The highest BCUT2D eigenvalue weighted by molar-refractivity contribution is 7.71. The van der Waals surface area contributed by atoms with Crippen LogP contribution in [0.25, 0.3) is 11.0 Å². The first-order chi connectivity index (χ1) is 8.90. The van der Waals surface area contributed by atoms with Crippen LogP contribution in [0, 0.1) is 16.0 Å². The van der Waals surface area contributed by atoms with Crippen molar-refractivity contribution in [3.63, 3.8) is 0 Å². The molecule has 0 saturated heterocycles. The van der Waals surface area contributed by atoms with E-state index in [1.165, 1.54) is 18.9 Å². The number of hydrogen-bond acceptors (Lipinski definition) is 1. The second-order valence-corrected chi connectivity index (χ2v) is 6.77. The minimum atomic E-state index is -0.414. The third kappa shape index (κ3) is 2.01. The molecule has 2 nitrogen and oxygen atoms in total. The van der Waals surface area contributed by atoms with Gasteiger partial charge in [-0.15, -0.1) is 0 Å². The van der Waals surface area contributed by atoms with E-state index in [2.05, 4.69) is 23.4 Å². The molecular weight excluding hydrogens is 283 g/mol. The number of H-pyrrole nitrogens is 1. The van der Waals surface area contributed by atoms with Crippen LogP contribution < -0.4 is 0 Å². The van der Waals surface area contributed by atoms with Gasteiger partial charge >= 0.3 is 0 Å². The fourth-order valence-corrected chi connectivity index (χ4v) is 3.71. The molecule has 1 unspecified atom stereocenters. The number of fused-ring (bicyclic) bond motifs is 1. The van der Waals surface area contributed by atoms with Crippen molar-refractivity contribution in [3.8, 4) is 0 Å². The van der Waals surface area contributed by atoms with Gasteiger partial charge in [0.05, 0.1) is 16.1 Å². The lowest BCUT2D eigenvalue weighted by atomic mass is 9.87. The fraction of sp³-hybridized carbons (Fsp3) is 0.500. The minimum Gasteiger partial charge on any atom is -0.330 e. The summed E-state index contributed by atoms with van der Waals surface area (Å²) in [6.07, 6.45) is 3.48. The van der Waals surface area contributed by atoms with Gasteiger partial charge in [-0.3, -0.25) is 0 Å². The molecule has 1 N–H and O–H groups in total. The maximum Gasteiger partial charge on any atom is 0.178 e. The topological polar surface area (TPSA) is 20.7 Å². The highest BCUT2D eigenvalue weighted by Crippen LogP contribution is 2.47. The molecule has 5 heteroatoms. The zero-order valence-corrected chi connectivity index (χ0v) is 12.5. The van der Waals surface area contributed by atoms with Gasteiger partial charge in [0, 0.05) is 12.1 Å². The largest absolute Gasteiger partial charge is 0.330 e. The predicted molar refractivity (Wildman–Crippen MR) is 78.8 cm³/mol. The van der Waals surface area contributed by atoms with Crippen molar-refractivity contribution in [3.05, 3.63) is 27.7 Å². The summed E-state index contributed by atoms with van der Waals surface area (Å²) in [7, 11) is 0. The van der Waals surface area contributed by atoms with E-state index in [1.807, 2.05) is 0 Å².